The van der Waals surface area contributed by atoms with Gasteiger partial charge in [0.05, 0.1) is 5.37 Å². The van der Waals surface area contributed by atoms with Crippen LogP contribution in [0, 0.1) is 0 Å². The second-order valence-corrected chi connectivity index (χ2v) is 1.79. The number of nitrogens with zero attached hydrogens (tertiary/aromatic N) is 1. The van der Waals surface area contributed by atoms with Gasteiger partial charge in [-0.3, -0.25) is 4.99 Å². The van der Waals surface area contributed by atoms with Crippen molar-refractivity contribution in [2.45, 2.75) is 19.2 Å². The van der Waals surface area contributed by atoms with E-state index in [0.717, 1.165) is 0 Å². The van der Waals surface area contributed by atoms with E-state index in [1.807, 2.05) is 13.8 Å². The van der Waals surface area contributed by atoms with Crippen molar-refractivity contribution in [3.63, 3.8) is 0 Å². The molecular formula is C4H9NS. The largest absolute Gasteiger partial charge is 0.284 e. The summed E-state index contributed by atoms with van der Waals surface area (Å²) in [5, 5.41) is 0.162. The van der Waals surface area contributed by atoms with Gasteiger partial charge in [-0.1, -0.05) is 0 Å². The Hall–Kier alpha value is 0.0200. The number of hydrogen-bond donors (Lipinski definition) is 1. The van der Waals surface area contributed by atoms with E-state index in [-0.39, 0.29) is 5.37 Å². The highest BCUT2D eigenvalue weighted by atomic mass is 32.1. The molecule has 0 fully saturated rings. The van der Waals surface area contributed by atoms with Crippen LogP contribution < -0.4 is 0 Å². The van der Waals surface area contributed by atoms with Gasteiger partial charge in [-0.2, -0.15) is 12.6 Å². The number of rotatable bonds is 1. The van der Waals surface area contributed by atoms with Crippen LogP contribution in [0.15, 0.2) is 4.99 Å². The standard InChI is InChI=1S/C4H9NS/c1-3-5-4(2)6/h3-4,6H,1-2H3. The second kappa shape index (κ2) is 3.22. The van der Waals surface area contributed by atoms with Gasteiger partial charge in [-0.05, 0) is 20.1 Å². The van der Waals surface area contributed by atoms with Crippen molar-refractivity contribution in [1.82, 2.24) is 0 Å². The summed E-state index contributed by atoms with van der Waals surface area (Å²) in [5.41, 5.74) is 0. The van der Waals surface area contributed by atoms with Crippen molar-refractivity contribution >= 4 is 18.8 Å². The molecule has 0 N–H and O–H groups in total. The number of aliphatic imine (C=N–C) groups is 1. The highest BCUT2D eigenvalue weighted by Crippen LogP contribution is 1.89. The zero-order valence-corrected chi connectivity index (χ0v) is 4.94. The minimum Gasteiger partial charge on any atom is -0.284 e. The molecule has 0 aliphatic rings. The molecule has 0 bridgehead atoms. The smallest absolute Gasteiger partial charge is 0.0890 e. The Morgan fingerprint density at radius 2 is 2.33 bits per heavy atom. The lowest BCUT2D eigenvalue weighted by molar-refractivity contribution is 1.06. The van der Waals surface area contributed by atoms with Crippen LogP contribution in [0.2, 0.25) is 0 Å². The van der Waals surface area contributed by atoms with Crippen LogP contribution in [0.4, 0.5) is 0 Å². The Kier molecular flexibility index (Phi) is 3.23. The SMILES string of the molecule is CC=NC(C)S. The highest BCUT2D eigenvalue weighted by Gasteiger charge is 1.77. The Balaban J connectivity index is 3.03. The molecule has 0 aromatic heterocycles. The molecular weight excluding hydrogens is 94.1 g/mol. The third-order valence-electron chi connectivity index (χ3n) is 0.365. The monoisotopic (exact) mass is 103 g/mol. The molecule has 0 aliphatic carbocycles. The average molecular weight is 103 g/mol. The van der Waals surface area contributed by atoms with E-state index in [9.17, 15) is 0 Å². The van der Waals surface area contributed by atoms with Gasteiger partial charge >= 0.3 is 0 Å². The Labute approximate surface area is 43.9 Å². The fraction of sp³-hybridized carbons (Fsp3) is 0.750. The fourth-order valence-electron chi connectivity index (χ4n) is 0.216. The van der Waals surface area contributed by atoms with Crippen molar-refractivity contribution in [1.29, 1.82) is 0 Å². The van der Waals surface area contributed by atoms with E-state index < -0.39 is 0 Å². The maximum atomic E-state index is 3.98. The lowest BCUT2D eigenvalue weighted by atomic mass is 10.7. The van der Waals surface area contributed by atoms with Gasteiger partial charge in [0.1, 0.15) is 0 Å². The van der Waals surface area contributed by atoms with Crippen LogP contribution in [-0.4, -0.2) is 11.6 Å². The van der Waals surface area contributed by atoms with Crippen LogP contribution in [0.5, 0.6) is 0 Å². The van der Waals surface area contributed by atoms with Gasteiger partial charge in [0, 0.05) is 0 Å². The molecule has 1 unspecified atom stereocenters. The fourth-order valence-corrected chi connectivity index (χ4v) is 0.349. The van der Waals surface area contributed by atoms with E-state index in [1.54, 1.807) is 6.21 Å². The number of thiol groups is 1. The van der Waals surface area contributed by atoms with Gasteiger partial charge in [0.25, 0.3) is 0 Å². The molecule has 6 heavy (non-hydrogen) atoms. The Morgan fingerprint density at radius 3 is 2.33 bits per heavy atom. The first-order chi connectivity index (χ1) is 2.77. The number of hydrogen-bond acceptors (Lipinski definition) is 2. The maximum Gasteiger partial charge on any atom is 0.0890 e. The molecule has 0 amide bonds. The van der Waals surface area contributed by atoms with Gasteiger partial charge in [0.2, 0.25) is 0 Å². The molecule has 1 nitrogen and oxygen atoms in total. The molecule has 0 spiro atoms. The Bertz CT molecular complexity index is 49.5. The molecule has 0 heterocycles. The molecule has 0 aromatic rings. The first-order valence-corrected chi connectivity index (χ1v) is 2.45. The quantitative estimate of drug-likeness (QED) is 0.380. The van der Waals surface area contributed by atoms with Gasteiger partial charge in [-0.25, -0.2) is 0 Å². The summed E-state index contributed by atoms with van der Waals surface area (Å²) < 4.78 is 0. The van der Waals surface area contributed by atoms with E-state index in [4.69, 9.17) is 0 Å². The van der Waals surface area contributed by atoms with Crippen LogP contribution in [-0.2, 0) is 0 Å². The van der Waals surface area contributed by atoms with E-state index in [2.05, 4.69) is 17.6 Å². The van der Waals surface area contributed by atoms with Crippen LogP contribution in [0.25, 0.3) is 0 Å². The molecule has 0 saturated carbocycles. The third kappa shape index (κ3) is 4.02. The topological polar surface area (TPSA) is 12.4 Å². The lowest BCUT2D eigenvalue weighted by Gasteiger charge is -1.87. The molecule has 0 aromatic carbocycles. The lowest BCUT2D eigenvalue weighted by Crippen LogP contribution is -1.80. The van der Waals surface area contributed by atoms with E-state index >= 15 is 0 Å². The minimum absolute atomic E-state index is 0.162. The third-order valence-corrected chi connectivity index (χ3v) is 0.498. The first kappa shape index (κ1) is 6.02. The Morgan fingerprint density at radius 1 is 1.83 bits per heavy atom. The molecule has 1 atom stereocenters. The van der Waals surface area contributed by atoms with Crippen molar-refractivity contribution in [2.24, 2.45) is 4.99 Å². The average Bonchev–Trinajstić information content (AvgIpc) is 1.35. The summed E-state index contributed by atoms with van der Waals surface area (Å²) >= 11 is 3.98. The van der Waals surface area contributed by atoms with Crippen LogP contribution in [0.1, 0.15) is 13.8 Å². The molecule has 0 rings (SSSR count). The van der Waals surface area contributed by atoms with Gasteiger partial charge in [-0.15, -0.1) is 0 Å². The second-order valence-electron chi connectivity index (χ2n) is 1.04. The van der Waals surface area contributed by atoms with E-state index in [0.29, 0.717) is 0 Å². The summed E-state index contributed by atoms with van der Waals surface area (Å²) in [5.74, 6) is 0. The van der Waals surface area contributed by atoms with Crippen molar-refractivity contribution in [2.75, 3.05) is 0 Å². The molecule has 0 saturated heterocycles. The summed E-state index contributed by atoms with van der Waals surface area (Å²) in [6, 6.07) is 0. The molecule has 2 heteroatoms. The highest BCUT2D eigenvalue weighted by molar-refractivity contribution is 7.80. The predicted molar refractivity (Wildman–Crippen MR) is 32.6 cm³/mol. The normalized spacial score (nSPS) is 15.8. The zero-order chi connectivity index (χ0) is 4.99. The van der Waals surface area contributed by atoms with Gasteiger partial charge < -0.3 is 0 Å². The van der Waals surface area contributed by atoms with Gasteiger partial charge in [0.15, 0.2) is 0 Å². The summed E-state index contributed by atoms with van der Waals surface area (Å²) in [7, 11) is 0. The molecule has 0 radical (unpaired) electrons. The predicted octanol–water partition coefficient (Wildman–Crippen LogP) is 1.35. The van der Waals surface area contributed by atoms with Crippen molar-refractivity contribution in [3.05, 3.63) is 0 Å². The van der Waals surface area contributed by atoms with Crippen molar-refractivity contribution in [3.8, 4) is 0 Å². The van der Waals surface area contributed by atoms with Crippen LogP contribution in [0.3, 0.4) is 0 Å². The van der Waals surface area contributed by atoms with Crippen LogP contribution >= 0.6 is 12.6 Å². The first-order valence-electron chi connectivity index (χ1n) is 1.93. The summed E-state index contributed by atoms with van der Waals surface area (Å²) in [4.78, 5) is 3.86. The molecule has 0 aliphatic heterocycles. The van der Waals surface area contributed by atoms with Crippen molar-refractivity contribution < 1.29 is 0 Å². The maximum absolute atomic E-state index is 3.98. The summed E-state index contributed by atoms with van der Waals surface area (Å²) in [6.07, 6.45) is 1.75. The summed E-state index contributed by atoms with van der Waals surface area (Å²) in [6.45, 7) is 3.80. The zero-order valence-electron chi connectivity index (χ0n) is 4.05. The molecule has 36 valence electrons. The minimum atomic E-state index is 0.162. The van der Waals surface area contributed by atoms with E-state index in [1.165, 1.54) is 0 Å².